The van der Waals surface area contributed by atoms with Crippen molar-refractivity contribution < 1.29 is 23.7 Å². The second-order valence-corrected chi connectivity index (χ2v) is 5.98. The van der Waals surface area contributed by atoms with Gasteiger partial charge in [-0.15, -0.1) is 5.92 Å². The number of fused-ring (bicyclic) bond motifs is 3. The van der Waals surface area contributed by atoms with E-state index in [9.17, 15) is 0 Å². The van der Waals surface area contributed by atoms with Crippen molar-refractivity contribution in [2.45, 2.75) is 76.9 Å². The molecule has 3 fully saturated rings. The van der Waals surface area contributed by atoms with E-state index in [0.29, 0.717) is 0 Å². The fourth-order valence-electron chi connectivity index (χ4n) is 2.87. The van der Waals surface area contributed by atoms with E-state index in [4.69, 9.17) is 23.7 Å². The first kappa shape index (κ1) is 13.3. The van der Waals surface area contributed by atoms with E-state index in [0.717, 1.165) is 0 Å². The summed E-state index contributed by atoms with van der Waals surface area (Å²) in [6, 6.07) is 0. The van der Waals surface area contributed by atoms with Crippen molar-refractivity contribution >= 4 is 0 Å². The van der Waals surface area contributed by atoms with Gasteiger partial charge in [0.15, 0.2) is 17.9 Å². The van der Waals surface area contributed by atoms with Crippen LogP contribution in [0.15, 0.2) is 0 Å². The van der Waals surface area contributed by atoms with Crippen molar-refractivity contribution in [1.82, 2.24) is 0 Å². The molecule has 3 rings (SSSR count). The second kappa shape index (κ2) is 4.18. The largest absolute Gasteiger partial charge is 0.341 e. The van der Waals surface area contributed by atoms with Crippen LogP contribution in [0, 0.1) is 11.8 Å². The predicted octanol–water partition coefficient (Wildman–Crippen LogP) is 1.41. The Bertz CT molecular complexity index is 433. The monoisotopic (exact) mass is 268 g/mol. The summed E-state index contributed by atoms with van der Waals surface area (Å²) in [5, 5.41) is 0. The van der Waals surface area contributed by atoms with E-state index < -0.39 is 17.9 Å². The van der Waals surface area contributed by atoms with Gasteiger partial charge >= 0.3 is 0 Å². The van der Waals surface area contributed by atoms with Crippen molar-refractivity contribution in [3.63, 3.8) is 0 Å². The SMILES string of the molecule is CC#C[C@@H]1OC2OC(C)(C)OC2[C@@H]2OC(C)(C)O[C@H]12. The summed E-state index contributed by atoms with van der Waals surface area (Å²) in [5.74, 6) is 4.56. The van der Waals surface area contributed by atoms with Crippen LogP contribution >= 0.6 is 0 Å². The smallest absolute Gasteiger partial charge is 0.191 e. The molecule has 0 aromatic rings. The fourth-order valence-corrected chi connectivity index (χ4v) is 2.87. The first-order chi connectivity index (χ1) is 8.81. The van der Waals surface area contributed by atoms with Crippen molar-refractivity contribution in [2.75, 3.05) is 0 Å². The van der Waals surface area contributed by atoms with E-state index in [1.807, 2.05) is 27.7 Å². The third-order valence-electron chi connectivity index (χ3n) is 3.44. The minimum atomic E-state index is -0.676. The van der Waals surface area contributed by atoms with Gasteiger partial charge in [-0.2, -0.15) is 0 Å². The first-order valence-electron chi connectivity index (χ1n) is 6.60. The van der Waals surface area contributed by atoms with Gasteiger partial charge in [0.2, 0.25) is 0 Å². The Morgan fingerprint density at radius 2 is 1.37 bits per heavy atom. The van der Waals surface area contributed by atoms with E-state index >= 15 is 0 Å². The van der Waals surface area contributed by atoms with Crippen molar-refractivity contribution in [1.29, 1.82) is 0 Å². The molecule has 3 heterocycles. The van der Waals surface area contributed by atoms with Gasteiger partial charge < -0.3 is 23.7 Å². The maximum atomic E-state index is 5.96. The van der Waals surface area contributed by atoms with E-state index in [1.54, 1.807) is 6.92 Å². The maximum Gasteiger partial charge on any atom is 0.191 e. The van der Waals surface area contributed by atoms with Gasteiger partial charge in [0.25, 0.3) is 0 Å². The molecule has 19 heavy (non-hydrogen) atoms. The van der Waals surface area contributed by atoms with Crippen LogP contribution in [-0.4, -0.2) is 42.3 Å². The minimum Gasteiger partial charge on any atom is -0.341 e. The van der Waals surface area contributed by atoms with E-state index in [-0.39, 0.29) is 24.4 Å². The number of rotatable bonds is 0. The van der Waals surface area contributed by atoms with Crippen molar-refractivity contribution in [3.05, 3.63) is 0 Å². The van der Waals surface area contributed by atoms with Gasteiger partial charge in [0, 0.05) is 0 Å². The molecule has 0 amide bonds. The van der Waals surface area contributed by atoms with Crippen LogP contribution in [0.25, 0.3) is 0 Å². The average molecular weight is 268 g/mol. The summed E-state index contributed by atoms with van der Waals surface area (Å²) >= 11 is 0. The lowest BCUT2D eigenvalue weighted by molar-refractivity contribution is -0.220. The van der Waals surface area contributed by atoms with E-state index in [2.05, 4.69) is 11.8 Å². The molecule has 0 N–H and O–H groups in total. The van der Waals surface area contributed by atoms with Gasteiger partial charge in [-0.1, -0.05) is 5.92 Å². The Labute approximate surface area is 113 Å². The molecule has 0 saturated carbocycles. The summed E-state index contributed by atoms with van der Waals surface area (Å²) in [6.45, 7) is 9.28. The lowest BCUT2D eigenvalue weighted by Gasteiger charge is -2.34. The van der Waals surface area contributed by atoms with Crippen LogP contribution in [0.4, 0.5) is 0 Å². The molecule has 5 atom stereocenters. The fraction of sp³-hybridized carbons (Fsp3) is 0.857. The Kier molecular flexibility index (Phi) is 2.93. The lowest BCUT2D eigenvalue weighted by atomic mass is 9.99. The second-order valence-electron chi connectivity index (χ2n) is 5.98. The molecule has 5 heteroatoms. The van der Waals surface area contributed by atoms with Gasteiger partial charge in [-0.05, 0) is 34.6 Å². The third-order valence-corrected chi connectivity index (χ3v) is 3.44. The van der Waals surface area contributed by atoms with Crippen LogP contribution < -0.4 is 0 Å². The molecule has 2 unspecified atom stereocenters. The van der Waals surface area contributed by atoms with Crippen molar-refractivity contribution in [2.24, 2.45) is 0 Å². The molecule has 0 aromatic heterocycles. The van der Waals surface area contributed by atoms with Crippen LogP contribution in [0.1, 0.15) is 34.6 Å². The highest BCUT2D eigenvalue weighted by Crippen LogP contribution is 2.43. The number of hydrogen-bond acceptors (Lipinski definition) is 5. The summed E-state index contributed by atoms with van der Waals surface area (Å²) in [6.07, 6.45) is -1.56. The van der Waals surface area contributed by atoms with Gasteiger partial charge in [-0.3, -0.25) is 0 Å². The zero-order valence-corrected chi connectivity index (χ0v) is 11.9. The summed E-state index contributed by atoms with van der Waals surface area (Å²) < 4.78 is 29.4. The highest BCUT2D eigenvalue weighted by Gasteiger charge is 2.60. The summed E-state index contributed by atoms with van der Waals surface area (Å²) in [7, 11) is 0. The van der Waals surface area contributed by atoms with Crippen LogP contribution in [0.5, 0.6) is 0 Å². The Morgan fingerprint density at radius 3 is 2.05 bits per heavy atom. The Morgan fingerprint density at radius 1 is 0.789 bits per heavy atom. The average Bonchev–Trinajstić information content (AvgIpc) is 2.74. The first-order valence-corrected chi connectivity index (χ1v) is 6.60. The lowest BCUT2D eigenvalue weighted by Crippen LogP contribution is -2.54. The molecule has 5 nitrogen and oxygen atoms in total. The van der Waals surface area contributed by atoms with Crippen LogP contribution in [0.2, 0.25) is 0 Å². The molecule has 0 bridgehead atoms. The number of ether oxygens (including phenoxy) is 5. The highest BCUT2D eigenvalue weighted by molar-refractivity contribution is 5.13. The normalized spacial score (nSPS) is 46.1. The van der Waals surface area contributed by atoms with Gasteiger partial charge in [0.05, 0.1) is 0 Å². The molecule has 0 spiro atoms. The van der Waals surface area contributed by atoms with E-state index in [1.165, 1.54) is 0 Å². The zero-order valence-electron chi connectivity index (χ0n) is 11.9. The molecular formula is C14H20O5. The summed E-state index contributed by atoms with van der Waals surface area (Å²) in [4.78, 5) is 0. The molecule has 3 saturated heterocycles. The van der Waals surface area contributed by atoms with Crippen LogP contribution in [-0.2, 0) is 23.7 Å². The number of hydrogen-bond donors (Lipinski definition) is 0. The van der Waals surface area contributed by atoms with Gasteiger partial charge in [0.1, 0.15) is 24.4 Å². The van der Waals surface area contributed by atoms with Crippen LogP contribution in [0.3, 0.4) is 0 Å². The quantitative estimate of drug-likeness (QED) is 0.622. The molecule has 0 aliphatic carbocycles. The molecule has 3 aliphatic heterocycles. The molecular weight excluding hydrogens is 248 g/mol. The highest BCUT2D eigenvalue weighted by atomic mass is 16.9. The maximum absolute atomic E-state index is 5.96. The zero-order chi connectivity index (χ0) is 13.8. The molecule has 0 aromatic carbocycles. The molecule has 3 aliphatic rings. The van der Waals surface area contributed by atoms with Crippen molar-refractivity contribution in [3.8, 4) is 11.8 Å². The topological polar surface area (TPSA) is 46.2 Å². The third kappa shape index (κ3) is 2.28. The molecule has 106 valence electrons. The molecule has 0 radical (unpaired) electrons. The summed E-state index contributed by atoms with van der Waals surface area (Å²) in [5.41, 5.74) is 0. The Balaban J connectivity index is 1.90. The standard InChI is InChI=1S/C14H20O5/c1-6-7-8-9-10(17-13(2,3)16-9)11-12(15-8)19-14(4,5)18-11/h8-12H,1-5H3/t8-,9+,10+,11?,12?/m0/s1. The Hall–Kier alpha value is -0.640. The minimum absolute atomic E-state index is 0.221. The van der Waals surface area contributed by atoms with Gasteiger partial charge in [-0.25, -0.2) is 0 Å². The predicted molar refractivity (Wildman–Crippen MR) is 66.0 cm³/mol.